The van der Waals surface area contributed by atoms with Crippen molar-refractivity contribution in [2.75, 3.05) is 6.61 Å². The summed E-state index contributed by atoms with van der Waals surface area (Å²) in [6.45, 7) is 3.22. The first-order chi connectivity index (χ1) is 13.2. The molecule has 5 heteroatoms. The van der Waals surface area contributed by atoms with Crippen LogP contribution in [-0.4, -0.2) is 31.2 Å². The molecule has 1 aliphatic carbocycles. The third-order valence-corrected chi connectivity index (χ3v) is 5.79. The number of hydrogen-bond donors (Lipinski definition) is 2. The minimum absolute atomic E-state index is 0.00549. The molecule has 0 saturated heterocycles. The highest BCUT2D eigenvalue weighted by Crippen LogP contribution is 2.43. The Morgan fingerprint density at radius 2 is 2.00 bits per heavy atom. The highest BCUT2D eigenvalue weighted by atomic mass is 16.3. The second-order valence-corrected chi connectivity index (χ2v) is 7.79. The van der Waals surface area contributed by atoms with Gasteiger partial charge < -0.3 is 14.7 Å². The smallest absolute Gasteiger partial charge is 0.106 e. The predicted molar refractivity (Wildman–Crippen MR) is 107 cm³/mol. The van der Waals surface area contributed by atoms with E-state index in [0.29, 0.717) is 0 Å². The summed E-state index contributed by atoms with van der Waals surface area (Å²) >= 11 is 0. The van der Waals surface area contributed by atoms with Crippen molar-refractivity contribution >= 4 is 0 Å². The van der Waals surface area contributed by atoms with E-state index in [4.69, 9.17) is 4.98 Å². The van der Waals surface area contributed by atoms with Gasteiger partial charge in [0, 0.05) is 23.9 Å². The fraction of sp³-hybridized carbons (Fsp3) is 0.455. The third kappa shape index (κ3) is 3.56. The number of aliphatic hydroxyl groups is 1. The lowest BCUT2D eigenvalue weighted by molar-refractivity contribution is 0.0280. The van der Waals surface area contributed by atoms with Gasteiger partial charge in [-0.25, -0.2) is 9.97 Å². The zero-order valence-corrected chi connectivity index (χ0v) is 16.0. The number of imidazole rings is 2. The number of hydrogen-bond acceptors (Lipinski definition) is 3. The van der Waals surface area contributed by atoms with E-state index in [1.807, 2.05) is 30.7 Å². The summed E-state index contributed by atoms with van der Waals surface area (Å²) in [7, 11) is 0. The van der Waals surface area contributed by atoms with Crippen LogP contribution in [0.2, 0.25) is 0 Å². The second kappa shape index (κ2) is 7.69. The number of nitrogens with one attached hydrogen (secondary N) is 1. The molecular formula is C22H28N4O. The van der Waals surface area contributed by atoms with Crippen LogP contribution in [0.4, 0.5) is 0 Å². The lowest BCUT2D eigenvalue weighted by Gasteiger charge is -2.40. The van der Waals surface area contributed by atoms with Gasteiger partial charge in [-0.2, -0.15) is 0 Å². The molecule has 0 radical (unpaired) electrons. The first-order valence-corrected chi connectivity index (χ1v) is 10.0. The molecule has 2 heterocycles. The predicted octanol–water partition coefficient (Wildman–Crippen LogP) is 4.45. The highest BCUT2D eigenvalue weighted by molar-refractivity contribution is 5.76. The Hall–Kier alpha value is -2.40. The number of nitrogens with zero attached hydrogens (tertiary/aromatic N) is 3. The van der Waals surface area contributed by atoms with Crippen LogP contribution < -0.4 is 0 Å². The van der Waals surface area contributed by atoms with E-state index in [1.165, 1.54) is 6.42 Å². The van der Waals surface area contributed by atoms with Gasteiger partial charge >= 0.3 is 0 Å². The first-order valence-electron chi connectivity index (χ1n) is 10.0. The Morgan fingerprint density at radius 3 is 2.67 bits per heavy atom. The number of H-pyrrole nitrogens is 1. The largest absolute Gasteiger partial charge is 0.396 e. The van der Waals surface area contributed by atoms with Crippen molar-refractivity contribution in [2.24, 2.45) is 5.41 Å². The molecule has 1 saturated carbocycles. The van der Waals surface area contributed by atoms with Crippen LogP contribution in [0.25, 0.3) is 22.6 Å². The minimum atomic E-state index is -0.00549. The SMILES string of the molecule is CCCCc1ncc(-c2c(-c3ccccc3)ncn2CC2(CO)CCC2)[nH]1. The van der Waals surface area contributed by atoms with E-state index in [2.05, 4.69) is 33.6 Å². The average Bonchev–Trinajstić information content (AvgIpc) is 3.30. The summed E-state index contributed by atoms with van der Waals surface area (Å²) in [4.78, 5) is 12.8. The number of aromatic nitrogens is 4. The maximum atomic E-state index is 9.93. The van der Waals surface area contributed by atoms with Gasteiger partial charge in [-0.15, -0.1) is 0 Å². The molecular weight excluding hydrogens is 336 g/mol. The molecule has 0 aliphatic heterocycles. The van der Waals surface area contributed by atoms with Crippen molar-refractivity contribution in [1.29, 1.82) is 0 Å². The number of aromatic amines is 1. The third-order valence-electron chi connectivity index (χ3n) is 5.79. The van der Waals surface area contributed by atoms with Gasteiger partial charge in [0.1, 0.15) is 5.82 Å². The number of aryl methyl sites for hydroxylation is 1. The molecule has 0 spiro atoms. The second-order valence-electron chi connectivity index (χ2n) is 7.79. The van der Waals surface area contributed by atoms with E-state index in [1.54, 1.807) is 0 Å². The molecule has 142 valence electrons. The molecule has 5 nitrogen and oxygen atoms in total. The van der Waals surface area contributed by atoms with Crippen molar-refractivity contribution in [3.05, 3.63) is 48.7 Å². The van der Waals surface area contributed by atoms with Crippen molar-refractivity contribution in [1.82, 2.24) is 19.5 Å². The van der Waals surface area contributed by atoms with Gasteiger partial charge in [-0.05, 0) is 19.3 Å². The van der Waals surface area contributed by atoms with E-state index in [0.717, 1.165) is 67.1 Å². The Morgan fingerprint density at radius 1 is 1.19 bits per heavy atom. The Bertz CT molecular complexity index is 871. The molecule has 0 atom stereocenters. The Kier molecular flexibility index (Phi) is 5.12. The van der Waals surface area contributed by atoms with Gasteiger partial charge in [0.25, 0.3) is 0 Å². The van der Waals surface area contributed by atoms with E-state index in [-0.39, 0.29) is 12.0 Å². The summed E-state index contributed by atoms with van der Waals surface area (Å²) in [5, 5.41) is 9.93. The van der Waals surface area contributed by atoms with Crippen molar-refractivity contribution in [2.45, 2.75) is 52.0 Å². The van der Waals surface area contributed by atoms with Gasteiger partial charge in [0.15, 0.2) is 0 Å². The monoisotopic (exact) mass is 364 g/mol. The molecule has 27 heavy (non-hydrogen) atoms. The Balaban J connectivity index is 1.74. The Labute approximate surface area is 160 Å². The number of rotatable bonds is 8. The average molecular weight is 364 g/mol. The fourth-order valence-electron chi connectivity index (χ4n) is 3.95. The molecule has 3 aromatic rings. The van der Waals surface area contributed by atoms with Crippen LogP contribution in [0.1, 0.15) is 44.9 Å². The van der Waals surface area contributed by atoms with Crippen molar-refractivity contribution < 1.29 is 5.11 Å². The van der Waals surface area contributed by atoms with Gasteiger partial charge in [-0.1, -0.05) is 50.1 Å². The van der Waals surface area contributed by atoms with Crippen molar-refractivity contribution in [3.63, 3.8) is 0 Å². The topological polar surface area (TPSA) is 66.7 Å². The molecule has 2 aromatic heterocycles. The zero-order valence-electron chi connectivity index (χ0n) is 16.0. The summed E-state index contributed by atoms with van der Waals surface area (Å²) in [5.74, 6) is 1.03. The minimum Gasteiger partial charge on any atom is -0.396 e. The normalized spacial score (nSPS) is 15.6. The van der Waals surface area contributed by atoms with Crippen molar-refractivity contribution in [3.8, 4) is 22.6 Å². The van der Waals surface area contributed by atoms with E-state index in [9.17, 15) is 5.11 Å². The number of benzene rings is 1. The van der Waals surface area contributed by atoms with Crippen LogP contribution in [-0.2, 0) is 13.0 Å². The van der Waals surface area contributed by atoms with E-state index < -0.39 is 0 Å². The molecule has 1 aliphatic rings. The molecule has 0 unspecified atom stereocenters. The van der Waals surface area contributed by atoms with E-state index >= 15 is 0 Å². The van der Waals surface area contributed by atoms with Crippen LogP contribution in [0.3, 0.4) is 0 Å². The molecule has 2 N–H and O–H groups in total. The van der Waals surface area contributed by atoms with Crippen LogP contribution >= 0.6 is 0 Å². The summed E-state index contributed by atoms with van der Waals surface area (Å²) < 4.78 is 2.20. The van der Waals surface area contributed by atoms with Gasteiger partial charge in [0.2, 0.25) is 0 Å². The molecule has 4 rings (SSSR count). The van der Waals surface area contributed by atoms with Crippen LogP contribution in [0.15, 0.2) is 42.9 Å². The standard InChI is InChI=1S/C22H28N4O/c1-2-3-10-19-23-13-18(25-19)21-20(17-8-5-4-6-9-17)24-16-26(21)14-22(15-27)11-7-12-22/h4-6,8-9,13,16,27H,2-3,7,10-12,14-15H2,1H3,(H,23,25). The molecule has 1 aromatic carbocycles. The van der Waals surface area contributed by atoms with Crippen LogP contribution in [0.5, 0.6) is 0 Å². The molecule has 0 amide bonds. The highest BCUT2D eigenvalue weighted by Gasteiger charge is 2.37. The molecule has 0 bridgehead atoms. The lowest BCUT2D eigenvalue weighted by Crippen LogP contribution is -2.37. The maximum absolute atomic E-state index is 9.93. The lowest BCUT2D eigenvalue weighted by atomic mass is 9.69. The maximum Gasteiger partial charge on any atom is 0.106 e. The number of aliphatic hydroxyl groups excluding tert-OH is 1. The fourth-order valence-corrected chi connectivity index (χ4v) is 3.95. The zero-order chi connectivity index (χ0) is 18.7. The summed E-state index contributed by atoms with van der Waals surface area (Å²) in [6.07, 6.45) is 10.4. The number of unbranched alkanes of at least 4 members (excludes halogenated alkanes) is 1. The summed E-state index contributed by atoms with van der Waals surface area (Å²) in [6, 6.07) is 10.3. The van der Waals surface area contributed by atoms with Crippen LogP contribution in [0, 0.1) is 5.41 Å². The summed E-state index contributed by atoms with van der Waals surface area (Å²) in [5.41, 5.74) is 4.13. The molecule has 1 fully saturated rings. The first kappa shape index (κ1) is 18.0. The van der Waals surface area contributed by atoms with Gasteiger partial charge in [0.05, 0.1) is 36.2 Å². The van der Waals surface area contributed by atoms with Gasteiger partial charge in [-0.3, -0.25) is 0 Å². The quantitative estimate of drug-likeness (QED) is 0.621.